The van der Waals surface area contributed by atoms with Crippen LogP contribution in [-0.2, 0) is 23.8 Å². The molecule has 0 aromatic rings. The lowest BCUT2D eigenvalue weighted by atomic mass is 9.48. The number of rotatable bonds is 8. The smallest absolute Gasteiger partial charge is 0.303 e. The van der Waals surface area contributed by atoms with Crippen molar-refractivity contribution >= 4 is 11.9 Å². The van der Waals surface area contributed by atoms with E-state index >= 15 is 0 Å². The molecule has 1 saturated carbocycles. The lowest BCUT2D eigenvalue weighted by Gasteiger charge is -2.58. The Morgan fingerprint density at radius 2 is 1.80 bits per heavy atom. The monoisotopic (exact) mass is 422 g/mol. The summed E-state index contributed by atoms with van der Waals surface area (Å²) < 4.78 is 16.8. The van der Waals surface area contributed by atoms with Gasteiger partial charge in [-0.3, -0.25) is 9.59 Å². The predicted molar refractivity (Wildman–Crippen MR) is 118 cm³/mol. The van der Waals surface area contributed by atoms with Gasteiger partial charge < -0.3 is 14.2 Å². The summed E-state index contributed by atoms with van der Waals surface area (Å²) in [4.78, 5) is 22.8. The topological polar surface area (TPSA) is 61.8 Å². The van der Waals surface area contributed by atoms with E-state index in [2.05, 4.69) is 34.6 Å². The van der Waals surface area contributed by atoms with E-state index in [1.807, 2.05) is 7.11 Å². The molecule has 0 unspecified atom stereocenters. The summed E-state index contributed by atoms with van der Waals surface area (Å²) in [6, 6.07) is 0. The maximum absolute atomic E-state index is 11.8. The van der Waals surface area contributed by atoms with Crippen LogP contribution in [0.3, 0.4) is 0 Å². The second kappa shape index (κ2) is 9.84. The Hall–Kier alpha value is -1.36. The summed E-state index contributed by atoms with van der Waals surface area (Å²) >= 11 is 0. The van der Waals surface area contributed by atoms with Gasteiger partial charge in [0.15, 0.2) is 0 Å². The molecule has 0 aromatic heterocycles. The number of allylic oxidation sites excluding steroid dienone is 1. The van der Waals surface area contributed by atoms with Crippen LogP contribution in [-0.4, -0.2) is 37.9 Å². The van der Waals surface area contributed by atoms with Gasteiger partial charge in [0, 0.05) is 21.0 Å². The number of carbonyl (C=O) groups excluding carboxylic acids is 2. The van der Waals surface area contributed by atoms with Crippen LogP contribution in [0.1, 0.15) is 87.0 Å². The fourth-order valence-corrected chi connectivity index (χ4v) is 6.16. The minimum Gasteiger partial charge on any atom is -0.466 e. The highest BCUT2D eigenvalue weighted by molar-refractivity contribution is 5.66. The Labute approximate surface area is 182 Å². The zero-order chi connectivity index (χ0) is 22.7. The van der Waals surface area contributed by atoms with Gasteiger partial charge in [-0.25, -0.2) is 0 Å². The highest BCUT2D eigenvalue weighted by Gasteiger charge is 2.56. The third kappa shape index (κ3) is 5.27. The van der Waals surface area contributed by atoms with Crippen molar-refractivity contribution in [3.8, 4) is 0 Å². The molecule has 0 amide bonds. The Kier molecular flexibility index (Phi) is 8.17. The zero-order valence-electron chi connectivity index (χ0n) is 20.3. The normalized spacial score (nSPS) is 31.7. The highest BCUT2D eigenvalue weighted by atomic mass is 16.5. The molecule has 2 rings (SSSR count). The second-order valence-corrected chi connectivity index (χ2v) is 10.3. The van der Waals surface area contributed by atoms with E-state index < -0.39 is 0 Å². The maximum atomic E-state index is 11.8. The van der Waals surface area contributed by atoms with Gasteiger partial charge in [-0.2, -0.15) is 0 Å². The molecular weight excluding hydrogens is 380 g/mol. The minimum absolute atomic E-state index is 0.00699. The van der Waals surface area contributed by atoms with Crippen LogP contribution in [0.2, 0.25) is 0 Å². The first-order chi connectivity index (χ1) is 13.9. The van der Waals surface area contributed by atoms with Gasteiger partial charge in [0.2, 0.25) is 0 Å². The molecule has 0 radical (unpaired) electrons. The standard InChI is InChI=1S/C25H42O5/c1-16(12-14-29-18(3)26)9-10-20-17(2)21(30-19(4)27)15-22-24(5,6)23(28-8)11-13-25(20,22)7/h16,21-23H,9-15H2,1-8H3/t16-,21-,22-,23-,25+/m0/s1. The van der Waals surface area contributed by atoms with E-state index in [0.717, 1.165) is 38.5 Å². The van der Waals surface area contributed by atoms with E-state index in [4.69, 9.17) is 14.2 Å². The van der Waals surface area contributed by atoms with Crippen LogP contribution in [0.15, 0.2) is 11.1 Å². The molecule has 0 saturated heterocycles. The third-order valence-corrected chi connectivity index (χ3v) is 7.92. The number of fused-ring (bicyclic) bond motifs is 1. The van der Waals surface area contributed by atoms with Gasteiger partial charge in [0.25, 0.3) is 0 Å². The largest absolute Gasteiger partial charge is 0.466 e. The first kappa shape index (κ1) is 24.9. The summed E-state index contributed by atoms with van der Waals surface area (Å²) in [5.41, 5.74) is 2.80. The van der Waals surface area contributed by atoms with Crippen molar-refractivity contribution < 1.29 is 23.8 Å². The fourth-order valence-electron chi connectivity index (χ4n) is 6.16. The summed E-state index contributed by atoms with van der Waals surface area (Å²) in [6.07, 6.45) is 5.98. The molecule has 0 aromatic carbocycles. The van der Waals surface area contributed by atoms with Crippen molar-refractivity contribution in [1.29, 1.82) is 0 Å². The molecule has 30 heavy (non-hydrogen) atoms. The van der Waals surface area contributed by atoms with E-state index in [1.165, 1.54) is 25.0 Å². The SMILES string of the molecule is CO[C@H]1CC[C@]2(C)C(CC[C@H](C)CCOC(C)=O)=C(C)[C@@H](OC(C)=O)C[C@H]2C1(C)C. The number of hydrogen-bond donors (Lipinski definition) is 0. The van der Waals surface area contributed by atoms with Crippen LogP contribution >= 0.6 is 0 Å². The summed E-state index contributed by atoms with van der Waals surface area (Å²) in [6.45, 7) is 14.9. The Bertz CT molecular complexity index is 664. The van der Waals surface area contributed by atoms with E-state index in [-0.39, 0.29) is 35.0 Å². The van der Waals surface area contributed by atoms with Crippen LogP contribution < -0.4 is 0 Å². The second-order valence-electron chi connectivity index (χ2n) is 10.3. The van der Waals surface area contributed by atoms with E-state index in [0.29, 0.717) is 18.4 Å². The number of ether oxygens (including phenoxy) is 3. The predicted octanol–water partition coefficient (Wildman–Crippen LogP) is 5.47. The van der Waals surface area contributed by atoms with Crippen molar-refractivity contribution in [3.05, 3.63) is 11.1 Å². The van der Waals surface area contributed by atoms with Crippen molar-refractivity contribution in [2.24, 2.45) is 22.7 Å². The Balaban J connectivity index is 2.27. The molecule has 0 N–H and O–H groups in total. The number of hydrogen-bond acceptors (Lipinski definition) is 5. The van der Waals surface area contributed by atoms with Gasteiger partial charge in [-0.05, 0) is 73.7 Å². The molecule has 0 spiro atoms. The molecule has 2 aliphatic carbocycles. The van der Waals surface area contributed by atoms with Crippen molar-refractivity contribution in [2.45, 2.75) is 99.2 Å². The molecule has 5 heteroatoms. The van der Waals surface area contributed by atoms with Gasteiger partial charge in [0.1, 0.15) is 6.10 Å². The highest BCUT2D eigenvalue weighted by Crippen LogP contribution is 2.61. The van der Waals surface area contributed by atoms with Gasteiger partial charge >= 0.3 is 11.9 Å². The quantitative estimate of drug-likeness (QED) is 0.384. The van der Waals surface area contributed by atoms with Crippen LogP contribution in [0.5, 0.6) is 0 Å². The molecule has 2 aliphatic rings. The van der Waals surface area contributed by atoms with Gasteiger partial charge in [-0.15, -0.1) is 0 Å². The van der Waals surface area contributed by atoms with Crippen molar-refractivity contribution in [2.75, 3.05) is 13.7 Å². The first-order valence-electron chi connectivity index (χ1n) is 11.5. The van der Waals surface area contributed by atoms with Crippen LogP contribution in [0.4, 0.5) is 0 Å². The maximum Gasteiger partial charge on any atom is 0.303 e. The van der Waals surface area contributed by atoms with E-state index in [1.54, 1.807) is 0 Å². The fraction of sp³-hybridized carbons (Fsp3) is 0.840. The molecule has 5 atom stereocenters. The molecule has 1 fully saturated rings. The number of carbonyl (C=O) groups is 2. The number of esters is 2. The lowest BCUT2D eigenvalue weighted by Crippen LogP contribution is -2.54. The molecule has 5 nitrogen and oxygen atoms in total. The molecule has 0 aliphatic heterocycles. The van der Waals surface area contributed by atoms with Crippen molar-refractivity contribution in [1.82, 2.24) is 0 Å². The number of methoxy groups -OCH3 is 1. The van der Waals surface area contributed by atoms with Crippen LogP contribution in [0, 0.1) is 22.7 Å². The summed E-state index contributed by atoms with van der Waals surface area (Å²) in [7, 11) is 1.81. The molecular formula is C25H42O5. The molecule has 172 valence electrons. The first-order valence-corrected chi connectivity index (χ1v) is 11.5. The summed E-state index contributed by atoms with van der Waals surface area (Å²) in [5.74, 6) is 0.422. The zero-order valence-corrected chi connectivity index (χ0v) is 20.3. The minimum atomic E-state index is -0.218. The van der Waals surface area contributed by atoms with Gasteiger partial charge in [0.05, 0.1) is 12.7 Å². The molecule has 0 bridgehead atoms. The Morgan fingerprint density at radius 1 is 1.13 bits per heavy atom. The lowest BCUT2D eigenvalue weighted by molar-refractivity contribution is -0.153. The van der Waals surface area contributed by atoms with Gasteiger partial charge in [-0.1, -0.05) is 33.3 Å². The average Bonchev–Trinajstić information content (AvgIpc) is 2.62. The van der Waals surface area contributed by atoms with Crippen LogP contribution in [0.25, 0.3) is 0 Å². The Morgan fingerprint density at radius 3 is 2.37 bits per heavy atom. The van der Waals surface area contributed by atoms with E-state index in [9.17, 15) is 9.59 Å². The van der Waals surface area contributed by atoms with Crippen molar-refractivity contribution in [3.63, 3.8) is 0 Å². The molecule has 0 heterocycles. The summed E-state index contributed by atoms with van der Waals surface area (Å²) in [5, 5.41) is 0. The third-order valence-electron chi connectivity index (χ3n) is 7.92. The average molecular weight is 423 g/mol.